The number of hydrogen-bond donors (Lipinski definition) is 1. The second-order valence-electron chi connectivity index (χ2n) is 3.15. The van der Waals surface area contributed by atoms with Crippen molar-refractivity contribution < 1.29 is 4.42 Å². The lowest BCUT2D eigenvalue weighted by Gasteiger charge is -2.27. The van der Waals surface area contributed by atoms with E-state index >= 15 is 0 Å². The van der Waals surface area contributed by atoms with Gasteiger partial charge in [0.05, 0.1) is 6.26 Å². The van der Waals surface area contributed by atoms with E-state index in [1.165, 1.54) is 5.56 Å². The van der Waals surface area contributed by atoms with Crippen LogP contribution < -0.4 is 10.2 Å². The van der Waals surface area contributed by atoms with Gasteiger partial charge < -0.3 is 14.6 Å². The van der Waals surface area contributed by atoms with Crippen LogP contribution in [0.4, 0.5) is 5.88 Å². The average Bonchev–Trinajstić information content (AvgIpc) is 2.53. The zero-order valence-electron chi connectivity index (χ0n) is 7.34. The lowest BCUT2D eigenvalue weighted by molar-refractivity contribution is 0.506. The monoisotopic (exact) mass is 166 g/mol. The molecule has 0 amide bonds. The standard InChI is InChI=1S/C9H14N2O/c1-8-2-7-12-9(8)11-5-3-10-4-6-11/h2,7,10H,3-6H2,1H3. The van der Waals surface area contributed by atoms with Gasteiger partial charge in [-0.25, -0.2) is 0 Å². The molecule has 0 radical (unpaired) electrons. The zero-order chi connectivity index (χ0) is 8.39. The smallest absolute Gasteiger partial charge is 0.198 e. The molecule has 1 aliphatic heterocycles. The second-order valence-corrected chi connectivity index (χ2v) is 3.15. The summed E-state index contributed by atoms with van der Waals surface area (Å²) in [4.78, 5) is 2.28. The van der Waals surface area contributed by atoms with Crippen molar-refractivity contribution in [3.05, 3.63) is 17.9 Å². The minimum Gasteiger partial charge on any atom is -0.449 e. The fraction of sp³-hybridized carbons (Fsp3) is 0.556. The molecule has 0 bridgehead atoms. The maximum Gasteiger partial charge on any atom is 0.198 e. The predicted octanol–water partition coefficient (Wildman–Crippen LogP) is 0.998. The van der Waals surface area contributed by atoms with Crippen molar-refractivity contribution in [2.24, 2.45) is 0 Å². The van der Waals surface area contributed by atoms with Gasteiger partial charge in [-0.1, -0.05) is 0 Å². The van der Waals surface area contributed by atoms with Gasteiger partial charge in [-0.2, -0.15) is 0 Å². The average molecular weight is 166 g/mol. The summed E-state index contributed by atoms with van der Waals surface area (Å²) in [5, 5.41) is 3.31. The highest BCUT2D eigenvalue weighted by molar-refractivity contribution is 5.43. The number of hydrogen-bond acceptors (Lipinski definition) is 3. The quantitative estimate of drug-likeness (QED) is 0.674. The molecule has 12 heavy (non-hydrogen) atoms. The van der Waals surface area contributed by atoms with E-state index in [1.54, 1.807) is 6.26 Å². The normalized spacial score (nSPS) is 18.2. The van der Waals surface area contributed by atoms with Crippen LogP contribution in [0.3, 0.4) is 0 Å². The highest BCUT2D eigenvalue weighted by atomic mass is 16.3. The highest BCUT2D eigenvalue weighted by Gasteiger charge is 2.14. The Kier molecular flexibility index (Phi) is 2.04. The van der Waals surface area contributed by atoms with Gasteiger partial charge in [0.25, 0.3) is 0 Å². The van der Waals surface area contributed by atoms with Gasteiger partial charge >= 0.3 is 0 Å². The fourth-order valence-electron chi connectivity index (χ4n) is 1.56. The van der Waals surface area contributed by atoms with Crippen LogP contribution in [0.25, 0.3) is 0 Å². The molecule has 1 aromatic rings. The molecule has 0 aliphatic carbocycles. The highest BCUT2D eigenvalue weighted by Crippen LogP contribution is 2.20. The summed E-state index contributed by atoms with van der Waals surface area (Å²) >= 11 is 0. The Morgan fingerprint density at radius 1 is 1.42 bits per heavy atom. The zero-order valence-corrected chi connectivity index (χ0v) is 7.34. The first kappa shape index (κ1) is 7.68. The van der Waals surface area contributed by atoms with E-state index in [1.807, 2.05) is 6.07 Å². The molecule has 1 saturated heterocycles. The fourth-order valence-corrected chi connectivity index (χ4v) is 1.56. The van der Waals surface area contributed by atoms with Crippen molar-refractivity contribution in [1.82, 2.24) is 5.32 Å². The Balaban J connectivity index is 2.13. The van der Waals surface area contributed by atoms with Crippen LogP contribution in [0.15, 0.2) is 16.7 Å². The lowest BCUT2D eigenvalue weighted by atomic mass is 10.3. The molecule has 0 aromatic carbocycles. The third-order valence-electron chi connectivity index (χ3n) is 2.24. The molecular weight excluding hydrogens is 152 g/mol. The number of piperazine rings is 1. The van der Waals surface area contributed by atoms with E-state index in [0.29, 0.717) is 0 Å². The number of anilines is 1. The molecule has 1 aliphatic rings. The third kappa shape index (κ3) is 1.32. The molecule has 1 aromatic heterocycles. The molecule has 1 fully saturated rings. The minimum absolute atomic E-state index is 1.04. The SMILES string of the molecule is Cc1ccoc1N1CCNCC1. The van der Waals surface area contributed by atoms with Crippen molar-refractivity contribution >= 4 is 5.88 Å². The number of rotatable bonds is 1. The van der Waals surface area contributed by atoms with Gasteiger partial charge in [0.15, 0.2) is 5.88 Å². The first-order valence-corrected chi connectivity index (χ1v) is 4.38. The number of furan rings is 1. The first-order chi connectivity index (χ1) is 5.88. The molecule has 3 heteroatoms. The van der Waals surface area contributed by atoms with E-state index in [-0.39, 0.29) is 0 Å². The van der Waals surface area contributed by atoms with E-state index in [0.717, 1.165) is 32.1 Å². The predicted molar refractivity (Wildman–Crippen MR) is 48.5 cm³/mol. The van der Waals surface area contributed by atoms with Crippen molar-refractivity contribution in [2.75, 3.05) is 31.1 Å². The summed E-state index contributed by atoms with van der Waals surface area (Å²) in [5.74, 6) is 1.04. The van der Waals surface area contributed by atoms with E-state index < -0.39 is 0 Å². The lowest BCUT2D eigenvalue weighted by Crippen LogP contribution is -2.43. The summed E-state index contributed by atoms with van der Waals surface area (Å²) < 4.78 is 5.40. The topological polar surface area (TPSA) is 28.4 Å². The summed E-state index contributed by atoms with van der Waals surface area (Å²) in [6, 6.07) is 2.01. The Bertz CT molecular complexity index is 251. The van der Waals surface area contributed by atoms with Gasteiger partial charge in [0, 0.05) is 31.7 Å². The van der Waals surface area contributed by atoms with Crippen LogP contribution >= 0.6 is 0 Å². The molecular formula is C9H14N2O. The number of nitrogens with zero attached hydrogens (tertiary/aromatic N) is 1. The number of nitrogens with one attached hydrogen (secondary N) is 1. The molecule has 0 unspecified atom stereocenters. The molecule has 2 heterocycles. The molecule has 0 atom stereocenters. The molecule has 1 N–H and O–H groups in total. The van der Waals surface area contributed by atoms with Gasteiger partial charge in [-0.3, -0.25) is 0 Å². The van der Waals surface area contributed by atoms with E-state index in [2.05, 4.69) is 17.1 Å². The van der Waals surface area contributed by atoms with Crippen molar-refractivity contribution in [1.29, 1.82) is 0 Å². The van der Waals surface area contributed by atoms with Crippen molar-refractivity contribution in [2.45, 2.75) is 6.92 Å². The summed E-state index contributed by atoms with van der Waals surface area (Å²) in [5.41, 5.74) is 1.23. The Morgan fingerprint density at radius 3 is 2.75 bits per heavy atom. The maximum atomic E-state index is 5.40. The van der Waals surface area contributed by atoms with Gasteiger partial charge in [-0.05, 0) is 13.0 Å². The Morgan fingerprint density at radius 2 is 2.17 bits per heavy atom. The number of aryl methyl sites for hydroxylation is 1. The molecule has 66 valence electrons. The molecule has 0 spiro atoms. The largest absolute Gasteiger partial charge is 0.449 e. The summed E-state index contributed by atoms with van der Waals surface area (Å²) in [7, 11) is 0. The van der Waals surface area contributed by atoms with Crippen LogP contribution in [0.2, 0.25) is 0 Å². The van der Waals surface area contributed by atoms with Crippen LogP contribution in [0.5, 0.6) is 0 Å². The van der Waals surface area contributed by atoms with E-state index in [9.17, 15) is 0 Å². The van der Waals surface area contributed by atoms with Crippen molar-refractivity contribution in [3.63, 3.8) is 0 Å². The minimum atomic E-state index is 1.04. The van der Waals surface area contributed by atoms with Crippen LogP contribution in [-0.2, 0) is 0 Å². The molecule has 2 rings (SSSR count). The van der Waals surface area contributed by atoms with Gasteiger partial charge in [0.2, 0.25) is 0 Å². The Labute approximate surface area is 72.4 Å². The van der Waals surface area contributed by atoms with E-state index in [4.69, 9.17) is 4.42 Å². The first-order valence-electron chi connectivity index (χ1n) is 4.38. The van der Waals surface area contributed by atoms with Gasteiger partial charge in [-0.15, -0.1) is 0 Å². The van der Waals surface area contributed by atoms with Gasteiger partial charge in [0.1, 0.15) is 0 Å². The third-order valence-corrected chi connectivity index (χ3v) is 2.24. The molecule has 3 nitrogen and oxygen atoms in total. The summed E-state index contributed by atoms with van der Waals surface area (Å²) in [6.45, 7) is 6.30. The van der Waals surface area contributed by atoms with Crippen molar-refractivity contribution in [3.8, 4) is 0 Å². The molecule has 0 saturated carbocycles. The maximum absolute atomic E-state index is 5.40. The van der Waals surface area contributed by atoms with Crippen LogP contribution in [0.1, 0.15) is 5.56 Å². The second kappa shape index (κ2) is 3.19. The summed E-state index contributed by atoms with van der Waals surface area (Å²) in [6.07, 6.45) is 1.76. The van der Waals surface area contributed by atoms with Crippen LogP contribution in [-0.4, -0.2) is 26.2 Å². The Hall–Kier alpha value is -0.960. The van der Waals surface area contributed by atoms with Crippen LogP contribution in [0, 0.1) is 6.92 Å².